The van der Waals surface area contributed by atoms with Gasteiger partial charge in [0.25, 0.3) is 0 Å². The van der Waals surface area contributed by atoms with E-state index in [0.29, 0.717) is 19.1 Å². The van der Waals surface area contributed by atoms with Gasteiger partial charge in [-0.1, -0.05) is 18.2 Å². The second-order valence-electron chi connectivity index (χ2n) is 5.56. The van der Waals surface area contributed by atoms with Gasteiger partial charge in [0.1, 0.15) is 0 Å². The summed E-state index contributed by atoms with van der Waals surface area (Å²) in [6, 6.07) is 0. The number of hydrogen-bond donors (Lipinski definition) is 1. The predicted octanol–water partition coefficient (Wildman–Crippen LogP) is 1.74. The molecule has 0 aromatic carbocycles. The van der Waals surface area contributed by atoms with E-state index < -0.39 is 0 Å². The number of carbonyl (C=O) groups is 1. The first-order chi connectivity index (χ1) is 9.78. The molecule has 1 atom stereocenters. The van der Waals surface area contributed by atoms with Crippen molar-refractivity contribution in [1.82, 2.24) is 10.2 Å². The minimum atomic E-state index is -0.167. The van der Waals surface area contributed by atoms with Crippen LogP contribution in [0.3, 0.4) is 0 Å². The summed E-state index contributed by atoms with van der Waals surface area (Å²) in [4.78, 5) is 13.8. The van der Waals surface area contributed by atoms with E-state index in [0.717, 1.165) is 19.5 Å². The maximum atomic E-state index is 11.3. The van der Waals surface area contributed by atoms with Crippen molar-refractivity contribution < 1.29 is 9.53 Å². The van der Waals surface area contributed by atoms with E-state index in [1.165, 1.54) is 31.5 Å². The summed E-state index contributed by atoms with van der Waals surface area (Å²) < 4.78 is 4.90. The second kappa shape index (κ2) is 8.22. The van der Waals surface area contributed by atoms with Crippen molar-refractivity contribution in [3.8, 4) is 0 Å². The summed E-state index contributed by atoms with van der Waals surface area (Å²) in [7, 11) is 0. The van der Waals surface area contributed by atoms with Gasteiger partial charge in [-0.3, -0.25) is 9.69 Å². The first-order valence-corrected chi connectivity index (χ1v) is 7.74. The van der Waals surface area contributed by atoms with E-state index in [-0.39, 0.29) is 5.97 Å². The lowest BCUT2D eigenvalue weighted by molar-refractivity contribution is -0.142. The van der Waals surface area contributed by atoms with Crippen LogP contribution in [-0.4, -0.2) is 50.2 Å². The Bertz CT molecular complexity index is 371. The average molecular weight is 278 g/mol. The van der Waals surface area contributed by atoms with Crippen LogP contribution in [0.2, 0.25) is 0 Å². The molecule has 0 aromatic rings. The monoisotopic (exact) mass is 278 g/mol. The van der Waals surface area contributed by atoms with E-state index in [9.17, 15) is 4.79 Å². The molecule has 0 saturated carbocycles. The van der Waals surface area contributed by atoms with E-state index in [4.69, 9.17) is 4.74 Å². The molecule has 4 nitrogen and oxygen atoms in total. The lowest BCUT2D eigenvalue weighted by atomic mass is 9.96. The van der Waals surface area contributed by atoms with Gasteiger partial charge in [0.15, 0.2) is 0 Å². The first kappa shape index (κ1) is 15.3. The van der Waals surface area contributed by atoms with Crippen molar-refractivity contribution in [3.05, 3.63) is 23.8 Å². The number of nitrogens with one attached hydrogen (secondary N) is 1. The Morgan fingerprint density at radius 3 is 3.00 bits per heavy atom. The highest BCUT2D eigenvalue weighted by molar-refractivity contribution is 5.71. The zero-order valence-corrected chi connectivity index (χ0v) is 12.4. The number of esters is 1. The molecule has 20 heavy (non-hydrogen) atoms. The van der Waals surface area contributed by atoms with Gasteiger partial charge >= 0.3 is 5.97 Å². The third-order valence-electron chi connectivity index (χ3n) is 3.81. The SMILES string of the molecule is CCOC(=O)CNCC1C=C(CN2CCCC2)C=CC1. The van der Waals surface area contributed by atoms with Gasteiger partial charge in [0.2, 0.25) is 0 Å². The molecular formula is C16H26N2O2. The average Bonchev–Trinajstić information content (AvgIpc) is 2.92. The van der Waals surface area contributed by atoms with Crippen LogP contribution in [0.4, 0.5) is 0 Å². The van der Waals surface area contributed by atoms with Gasteiger partial charge in [-0.25, -0.2) is 0 Å². The molecule has 2 aliphatic rings. The summed E-state index contributed by atoms with van der Waals surface area (Å²) in [5, 5.41) is 3.19. The standard InChI is InChI=1S/C16H26N2O2/c1-2-20-16(19)12-17-11-14-6-5-7-15(10-14)13-18-8-3-4-9-18/h5,7,10,14,17H,2-4,6,8-9,11-13H2,1H3. The third-order valence-corrected chi connectivity index (χ3v) is 3.81. The van der Waals surface area contributed by atoms with Crippen LogP contribution in [0.1, 0.15) is 26.2 Å². The topological polar surface area (TPSA) is 41.6 Å². The van der Waals surface area contributed by atoms with Crippen molar-refractivity contribution in [2.45, 2.75) is 26.2 Å². The van der Waals surface area contributed by atoms with Crippen LogP contribution in [-0.2, 0) is 9.53 Å². The van der Waals surface area contributed by atoms with E-state index in [1.807, 2.05) is 6.92 Å². The number of ether oxygens (including phenoxy) is 1. The molecule has 1 unspecified atom stereocenters. The normalized spacial score (nSPS) is 22.9. The van der Waals surface area contributed by atoms with Crippen molar-refractivity contribution in [1.29, 1.82) is 0 Å². The number of allylic oxidation sites excluding steroid dienone is 1. The van der Waals surface area contributed by atoms with E-state index in [1.54, 1.807) is 0 Å². The number of hydrogen-bond acceptors (Lipinski definition) is 4. The predicted molar refractivity (Wildman–Crippen MR) is 80.5 cm³/mol. The van der Waals surface area contributed by atoms with Gasteiger partial charge in [-0.05, 0) is 50.8 Å². The van der Waals surface area contributed by atoms with Crippen molar-refractivity contribution >= 4 is 5.97 Å². The van der Waals surface area contributed by atoms with Crippen molar-refractivity contribution in [2.75, 3.05) is 39.3 Å². The molecule has 1 fully saturated rings. The Morgan fingerprint density at radius 2 is 2.25 bits per heavy atom. The molecule has 1 saturated heterocycles. The van der Waals surface area contributed by atoms with E-state index >= 15 is 0 Å². The molecule has 1 heterocycles. The molecule has 1 aliphatic carbocycles. The Kier molecular flexibility index (Phi) is 6.27. The summed E-state index contributed by atoms with van der Waals surface area (Å²) in [5.41, 5.74) is 1.42. The minimum absolute atomic E-state index is 0.167. The van der Waals surface area contributed by atoms with Crippen LogP contribution in [0.15, 0.2) is 23.8 Å². The molecule has 4 heteroatoms. The smallest absolute Gasteiger partial charge is 0.319 e. The molecule has 2 rings (SSSR count). The van der Waals surface area contributed by atoms with E-state index in [2.05, 4.69) is 28.4 Å². The fraction of sp³-hybridized carbons (Fsp3) is 0.688. The summed E-state index contributed by atoms with van der Waals surface area (Å²) in [6.45, 7) is 6.97. The second-order valence-corrected chi connectivity index (χ2v) is 5.56. The Hall–Kier alpha value is -1.13. The molecule has 0 spiro atoms. The molecule has 0 radical (unpaired) electrons. The highest BCUT2D eigenvalue weighted by Crippen LogP contribution is 2.18. The third kappa shape index (κ3) is 5.10. The van der Waals surface area contributed by atoms with Crippen molar-refractivity contribution in [3.63, 3.8) is 0 Å². The van der Waals surface area contributed by atoms with Gasteiger partial charge in [0.05, 0.1) is 13.2 Å². The zero-order valence-electron chi connectivity index (χ0n) is 12.4. The molecule has 1 N–H and O–H groups in total. The number of likely N-dealkylation sites (tertiary alicyclic amines) is 1. The van der Waals surface area contributed by atoms with Crippen molar-refractivity contribution in [2.24, 2.45) is 5.92 Å². The Morgan fingerprint density at radius 1 is 1.45 bits per heavy atom. The number of nitrogens with zero attached hydrogens (tertiary/aromatic N) is 1. The minimum Gasteiger partial charge on any atom is -0.465 e. The van der Waals surface area contributed by atoms with Crippen LogP contribution < -0.4 is 5.32 Å². The lowest BCUT2D eigenvalue weighted by Crippen LogP contribution is -2.30. The number of carbonyl (C=O) groups excluding carboxylic acids is 1. The summed E-state index contributed by atoms with van der Waals surface area (Å²) in [5.74, 6) is 0.326. The fourth-order valence-electron chi connectivity index (χ4n) is 2.84. The Balaban J connectivity index is 1.70. The molecule has 0 bridgehead atoms. The largest absolute Gasteiger partial charge is 0.465 e. The van der Waals surface area contributed by atoms with Crippen LogP contribution in [0.25, 0.3) is 0 Å². The van der Waals surface area contributed by atoms with Gasteiger partial charge in [-0.15, -0.1) is 0 Å². The van der Waals surface area contributed by atoms with Gasteiger partial charge < -0.3 is 10.1 Å². The quantitative estimate of drug-likeness (QED) is 0.720. The van der Waals surface area contributed by atoms with Crippen LogP contribution >= 0.6 is 0 Å². The molecule has 1 aliphatic heterocycles. The molecule has 0 amide bonds. The molecule has 0 aromatic heterocycles. The highest BCUT2D eigenvalue weighted by Gasteiger charge is 2.15. The summed E-state index contributed by atoms with van der Waals surface area (Å²) in [6.07, 6.45) is 10.6. The Labute approximate surface area is 121 Å². The zero-order chi connectivity index (χ0) is 14.2. The van der Waals surface area contributed by atoms with Crippen LogP contribution in [0.5, 0.6) is 0 Å². The first-order valence-electron chi connectivity index (χ1n) is 7.74. The fourth-order valence-corrected chi connectivity index (χ4v) is 2.84. The maximum Gasteiger partial charge on any atom is 0.319 e. The van der Waals surface area contributed by atoms with Gasteiger partial charge in [0, 0.05) is 13.1 Å². The van der Waals surface area contributed by atoms with Gasteiger partial charge in [-0.2, -0.15) is 0 Å². The molecular weight excluding hydrogens is 252 g/mol. The maximum absolute atomic E-state index is 11.3. The van der Waals surface area contributed by atoms with Crippen LogP contribution in [0, 0.1) is 5.92 Å². The lowest BCUT2D eigenvalue weighted by Gasteiger charge is -2.21. The number of rotatable bonds is 7. The highest BCUT2D eigenvalue weighted by atomic mass is 16.5. The summed E-state index contributed by atoms with van der Waals surface area (Å²) >= 11 is 0. The molecule has 112 valence electrons.